The zero-order valence-electron chi connectivity index (χ0n) is 21.0. The van der Waals surface area contributed by atoms with Crippen LogP contribution in [0, 0.1) is 5.41 Å². The van der Waals surface area contributed by atoms with Gasteiger partial charge in [-0.25, -0.2) is 5.90 Å². The van der Waals surface area contributed by atoms with Crippen LogP contribution in [0.15, 0.2) is 66.7 Å². The van der Waals surface area contributed by atoms with E-state index in [1.807, 2.05) is 49.4 Å². The molecular weight excluding hydrogens is 490 g/mol. The number of anilines is 1. The number of ether oxygens (including phenoxy) is 2. The van der Waals surface area contributed by atoms with E-state index in [1.165, 1.54) is 16.6 Å². The Morgan fingerprint density at radius 1 is 1.05 bits per heavy atom. The van der Waals surface area contributed by atoms with Crippen LogP contribution >= 0.6 is 11.6 Å². The number of halogens is 1. The van der Waals surface area contributed by atoms with Crippen molar-refractivity contribution in [3.63, 3.8) is 0 Å². The van der Waals surface area contributed by atoms with Crippen LogP contribution in [0.4, 0.5) is 5.69 Å². The summed E-state index contributed by atoms with van der Waals surface area (Å²) in [5.74, 6) is 6.77. The van der Waals surface area contributed by atoms with Crippen molar-refractivity contribution in [3.8, 4) is 11.5 Å². The first-order valence-electron chi connectivity index (χ1n) is 12.3. The van der Waals surface area contributed by atoms with Crippen LogP contribution in [0.2, 0.25) is 5.02 Å². The fraction of sp³-hybridized carbons (Fsp3) is 0.310. The van der Waals surface area contributed by atoms with Crippen molar-refractivity contribution < 1.29 is 19.4 Å². The maximum Gasteiger partial charge on any atom is 0.119 e. The number of aromatic amines is 1. The van der Waals surface area contributed by atoms with Crippen molar-refractivity contribution in [2.24, 2.45) is 11.3 Å². The number of aromatic nitrogens is 1. The highest BCUT2D eigenvalue weighted by molar-refractivity contribution is 6.31. The predicted octanol–water partition coefficient (Wildman–Crippen LogP) is 5.25. The monoisotopic (exact) mass is 521 g/mol. The van der Waals surface area contributed by atoms with Crippen molar-refractivity contribution in [3.05, 3.63) is 88.6 Å². The minimum atomic E-state index is -0.581. The molecule has 1 aromatic heterocycles. The largest absolute Gasteiger partial charge is 0.497 e. The zero-order chi connectivity index (χ0) is 26.0. The van der Waals surface area contributed by atoms with Gasteiger partial charge in [0, 0.05) is 33.9 Å². The summed E-state index contributed by atoms with van der Waals surface area (Å²) in [6, 6.07) is 22.3. The van der Waals surface area contributed by atoms with Crippen LogP contribution in [0.1, 0.15) is 29.8 Å². The first-order valence-corrected chi connectivity index (χ1v) is 12.7. The van der Waals surface area contributed by atoms with Crippen molar-refractivity contribution >= 4 is 28.2 Å². The molecule has 3 aromatic carbocycles. The smallest absolute Gasteiger partial charge is 0.119 e. The molecule has 37 heavy (non-hydrogen) atoms. The van der Waals surface area contributed by atoms with Gasteiger partial charge in [-0.15, -0.1) is 0 Å². The molecule has 1 aliphatic heterocycles. The summed E-state index contributed by atoms with van der Waals surface area (Å²) in [7, 11) is 1.68. The lowest BCUT2D eigenvalue weighted by atomic mass is 9.91. The Kier molecular flexibility index (Phi) is 7.31. The van der Waals surface area contributed by atoms with Crippen molar-refractivity contribution in [2.75, 3.05) is 38.4 Å². The summed E-state index contributed by atoms with van der Waals surface area (Å²) >= 11 is 6.35. The van der Waals surface area contributed by atoms with Crippen LogP contribution in [-0.2, 0) is 11.3 Å². The van der Waals surface area contributed by atoms with Gasteiger partial charge in [-0.3, -0.25) is 0 Å². The number of methoxy groups -OCH3 is 1. The van der Waals surface area contributed by atoms with Gasteiger partial charge in [0.05, 0.1) is 38.4 Å². The lowest BCUT2D eigenvalue weighted by Crippen LogP contribution is -2.36. The Labute approximate surface area is 221 Å². The summed E-state index contributed by atoms with van der Waals surface area (Å²) in [4.78, 5) is 10.9. The third-order valence-corrected chi connectivity index (χ3v) is 7.32. The van der Waals surface area contributed by atoms with Crippen molar-refractivity contribution in [1.82, 2.24) is 4.98 Å². The highest BCUT2D eigenvalue weighted by atomic mass is 35.5. The van der Waals surface area contributed by atoms with E-state index >= 15 is 0 Å². The Hall–Kier alpha value is -3.23. The Morgan fingerprint density at radius 3 is 2.46 bits per heavy atom. The molecule has 2 unspecified atom stereocenters. The molecule has 0 aliphatic carbocycles. The zero-order valence-corrected chi connectivity index (χ0v) is 21.8. The van der Waals surface area contributed by atoms with Crippen LogP contribution in [0.3, 0.4) is 0 Å². The van der Waals surface area contributed by atoms with Gasteiger partial charge in [-0.1, -0.05) is 30.7 Å². The summed E-state index contributed by atoms with van der Waals surface area (Å²) in [5.41, 5.74) is 5.23. The number of fused-ring (bicyclic) bond motifs is 3. The van der Waals surface area contributed by atoms with E-state index in [2.05, 4.69) is 34.1 Å². The Bertz CT molecular complexity index is 1360. The average Bonchev–Trinajstić information content (AvgIpc) is 3.30. The summed E-state index contributed by atoms with van der Waals surface area (Å²) in [5, 5.41) is 11.6. The van der Waals surface area contributed by atoms with Crippen LogP contribution < -0.4 is 20.3 Å². The SMILES string of the molecule is COc1ccc(N2CCc3c([nH]c4ccc(Cl)cc34)C2c2ccc(OCC(C)(CO)CON)cc2)cc1. The predicted molar refractivity (Wildman–Crippen MR) is 146 cm³/mol. The first kappa shape index (κ1) is 25.4. The van der Waals surface area contributed by atoms with E-state index in [9.17, 15) is 5.11 Å². The molecule has 2 atom stereocenters. The molecule has 8 heteroatoms. The van der Waals surface area contributed by atoms with Gasteiger partial charge in [0.25, 0.3) is 0 Å². The van der Waals surface area contributed by atoms with Crippen LogP contribution in [0.25, 0.3) is 10.9 Å². The van der Waals surface area contributed by atoms with E-state index in [4.69, 9.17) is 31.8 Å². The second-order valence-corrected chi connectivity index (χ2v) is 10.3. The van der Waals surface area contributed by atoms with E-state index in [0.717, 1.165) is 46.3 Å². The highest BCUT2D eigenvalue weighted by Crippen LogP contribution is 2.42. The molecule has 7 nitrogen and oxygen atoms in total. The van der Waals surface area contributed by atoms with Gasteiger partial charge in [0.1, 0.15) is 11.5 Å². The number of aliphatic hydroxyl groups excluding tert-OH is 1. The molecule has 0 saturated heterocycles. The van der Waals surface area contributed by atoms with Crippen molar-refractivity contribution in [2.45, 2.75) is 19.4 Å². The minimum absolute atomic E-state index is 0.0225. The second kappa shape index (κ2) is 10.6. The number of aliphatic hydroxyl groups is 1. The number of H-pyrrole nitrogens is 1. The number of hydrogen-bond donors (Lipinski definition) is 3. The molecule has 194 valence electrons. The molecule has 1 aliphatic rings. The van der Waals surface area contributed by atoms with Gasteiger partial charge in [-0.2, -0.15) is 0 Å². The molecule has 4 N–H and O–H groups in total. The summed E-state index contributed by atoms with van der Waals surface area (Å²) < 4.78 is 11.4. The molecular formula is C29H32ClN3O4. The molecule has 0 saturated carbocycles. The summed E-state index contributed by atoms with van der Waals surface area (Å²) in [6.45, 7) is 3.12. The maximum atomic E-state index is 9.71. The third kappa shape index (κ3) is 5.13. The topological polar surface area (TPSA) is 93.0 Å². The number of benzene rings is 3. The molecule has 4 aromatic rings. The lowest BCUT2D eigenvalue weighted by molar-refractivity contribution is -0.0106. The van der Waals surface area contributed by atoms with Gasteiger partial charge in [-0.05, 0) is 72.1 Å². The van der Waals surface area contributed by atoms with E-state index in [-0.39, 0.29) is 25.9 Å². The Balaban J connectivity index is 1.50. The van der Waals surface area contributed by atoms with Gasteiger partial charge >= 0.3 is 0 Å². The van der Waals surface area contributed by atoms with Crippen LogP contribution in [-0.4, -0.2) is 43.6 Å². The first-order chi connectivity index (χ1) is 17.9. The maximum absolute atomic E-state index is 9.71. The van der Waals surface area contributed by atoms with E-state index in [1.54, 1.807) is 7.11 Å². The molecule has 2 heterocycles. The molecule has 0 spiro atoms. The third-order valence-electron chi connectivity index (χ3n) is 7.09. The average molecular weight is 522 g/mol. The second-order valence-electron chi connectivity index (χ2n) is 9.89. The molecule has 0 radical (unpaired) electrons. The van der Waals surface area contributed by atoms with E-state index in [0.29, 0.717) is 0 Å². The van der Waals surface area contributed by atoms with Crippen molar-refractivity contribution in [1.29, 1.82) is 0 Å². The van der Waals surface area contributed by atoms with Gasteiger partial charge in [0.2, 0.25) is 0 Å². The fourth-order valence-electron chi connectivity index (χ4n) is 5.00. The molecule has 5 rings (SSSR count). The molecule has 0 fully saturated rings. The quantitative estimate of drug-likeness (QED) is 0.260. The number of nitrogens with zero attached hydrogens (tertiary/aromatic N) is 1. The highest BCUT2D eigenvalue weighted by Gasteiger charge is 2.32. The van der Waals surface area contributed by atoms with E-state index < -0.39 is 5.41 Å². The number of rotatable bonds is 9. The number of nitrogens with two attached hydrogens (primary N) is 1. The molecule has 0 amide bonds. The number of hydrogen-bond acceptors (Lipinski definition) is 6. The standard InChI is InChI=1S/C29H32ClN3O4/c1-29(16-34,18-37-31)17-36-23-8-3-19(4-9-23)28-27-24(25-15-20(30)5-12-26(25)32-27)13-14-33(28)21-6-10-22(35-2)11-7-21/h3-12,15,28,32,34H,13-14,16-18,31H2,1-2H3. The summed E-state index contributed by atoms with van der Waals surface area (Å²) in [6.07, 6.45) is 0.905. The molecule has 0 bridgehead atoms. The minimum Gasteiger partial charge on any atom is -0.497 e. The Morgan fingerprint density at radius 2 is 1.78 bits per heavy atom. The van der Waals surface area contributed by atoms with Gasteiger partial charge < -0.3 is 29.3 Å². The van der Waals surface area contributed by atoms with Gasteiger partial charge in [0.15, 0.2) is 0 Å². The van der Waals surface area contributed by atoms with Crippen LogP contribution in [0.5, 0.6) is 11.5 Å². The lowest BCUT2D eigenvalue weighted by Gasteiger charge is -2.38. The number of nitrogens with one attached hydrogen (secondary N) is 1. The fourth-order valence-corrected chi connectivity index (χ4v) is 5.17. The normalized spacial score (nSPS) is 16.9.